The normalized spacial score (nSPS) is 15.9. The fraction of sp³-hybridized carbons (Fsp3) is 0.500. The van der Waals surface area contributed by atoms with Gasteiger partial charge in [-0.15, -0.1) is 0 Å². The Hall–Kier alpha value is -2.04. The second-order valence-corrected chi connectivity index (χ2v) is 5.66. The number of ether oxygens (including phenoxy) is 1. The molecule has 0 heterocycles. The first-order chi connectivity index (χ1) is 9.93. The van der Waals surface area contributed by atoms with Gasteiger partial charge < -0.3 is 15.2 Å². The number of carbonyl (C=O) groups excluding carboxylic acids is 1. The van der Waals surface area contributed by atoms with Gasteiger partial charge in [0.15, 0.2) is 0 Å². The summed E-state index contributed by atoms with van der Waals surface area (Å²) < 4.78 is 5.61. The quantitative estimate of drug-likeness (QED) is 0.842. The van der Waals surface area contributed by atoms with Gasteiger partial charge in [-0.3, -0.25) is 4.79 Å². The third-order valence-electron chi connectivity index (χ3n) is 3.93. The van der Waals surface area contributed by atoms with E-state index in [1.165, 1.54) is 0 Å². The molecular formula is C16H21NO4. The highest BCUT2D eigenvalue weighted by atomic mass is 16.5. The molecule has 0 bridgehead atoms. The Labute approximate surface area is 124 Å². The first-order valence-electron chi connectivity index (χ1n) is 7.17. The molecule has 0 spiro atoms. The number of hydrogen-bond donors (Lipinski definition) is 2. The lowest BCUT2D eigenvalue weighted by Gasteiger charge is -2.38. The summed E-state index contributed by atoms with van der Waals surface area (Å²) in [5.41, 5.74) is 1.07. The lowest BCUT2D eigenvalue weighted by Crippen LogP contribution is -2.59. The minimum Gasteiger partial charge on any atom is -0.493 e. The van der Waals surface area contributed by atoms with Crippen molar-refractivity contribution in [2.75, 3.05) is 6.61 Å². The van der Waals surface area contributed by atoms with Crippen molar-refractivity contribution in [3.05, 3.63) is 29.3 Å². The van der Waals surface area contributed by atoms with Gasteiger partial charge >= 0.3 is 5.97 Å². The van der Waals surface area contributed by atoms with E-state index >= 15 is 0 Å². The molecule has 2 N–H and O–H groups in total. The van der Waals surface area contributed by atoms with Crippen LogP contribution in [0, 0.1) is 13.8 Å². The molecule has 1 amide bonds. The molecule has 5 heteroatoms. The number of carbonyl (C=O) groups is 2. The van der Waals surface area contributed by atoms with E-state index in [0.29, 0.717) is 12.8 Å². The second kappa shape index (κ2) is 6.16. The van der Waals surface area contributed by atoms with Crippen LogP contribution in [0.2, 0.25) is 0 Å². The summed E-state index contributed by atoms with van der Waals surface area (Å²) in [6.07, 6.45) is 2.01. The molecule has 1 aliphatic carbocycles. The molecule has 5 nitrogen and oxygen atoms in total. The molecule has 21 heavy (non-hydrogen) atoms. The molecule has 1 aromatic carbocycles. The topological polar surface area (TPSA) is 75.6 Å². The Bertz CT molecular complexity index is 549. The molecule has 0 unspecified atom stereocenters. The molecule has 1 saturated carbocycles. The highest BCUT2D eigenvalue weighted by molar-refractivity contribution is 5.87. The molecule has 1 aliphatic rings. The van der Waals surface area contributed by atoms with Crippen LogP contribution in [0.1, 0.15) is 36.8 Å². The Morgan fingerprint density at radius 1 is 1.33 bits per heavy atom. The van der Waals surface area contributed by atoms with Gasteiger partial charge in [-0.2, -0.15) is 0 Å². The van der Waals surface area contributed by atoms with Gasteiger partial charge in [0.05, 0.1) is 13.0 Å². The maximum atomic E-state index is 11.8. The van der Waals surface area contributed by atoms with E-state index < -0.39 is 11.5 Å². The Morgan fingerprint density at radius 2 is 2.05 bits per heavy atom. The van der Waals surface area contributed by atoms with Crippen LogP contribution < -0.4 is 10.1 Å². The summed E-state index contributed by atoms with van der Waals surface area (Å²) in [5.74, 6) is -0.459. The van der Waals surface area contributed by atoms with Crippen molar-refractivity contribution < 1.29 is 19.4 Å². The molecule has 1 aromatic rings. The average Bonchev–Trinajstić information content (AvgIpc) is 2.37. The SMILES string of the molecule is Cc1ccc(C)c(OCCC(=O)NC2(C(=O)O)CCC2)c1. The number of carboxylic acids is 1. The summed E-state index contributed by atoms with van der Waals surface area (Å²) >= 11 is 0. The van der Waals surface area contributed by atoms with Gasteiger partial charge in [0.25, 0.3) is 0 Å². The molecule has 2 rings (SSSR count). The highest BCUT2D eigenvalue weighted by Gasteiger charge is 2.45. The maximum absolute atomic E-state index is 11.8. The van der Waals surface area contributed by atoms with Crippen LogP contribution in [0.15, 0.2) is 18.2 Å². The average molecular weight is 291 g/mol. The monoisotopic (exact) mass is 291 g/mol. The molecule has 0 aliphatic heterocycles. The number of hydrogen-bond acceptors (Lipinski definition) is 3. The van der Waals surface area contributed by atoms with Crippen molar-refractivity contribution in [1.82, 2.24) is 5.32 Å². The van der Waals surface area contributed by atoms with Gasteiger partial charge in [0, 0.05) is 0 Å². The van der Waals surface area contributed by atoms with E-state index in [2.05, 4.69) is 5.32 Å². The predicted octanol–water partition coefficient (Wildman–Crippen LogP) is 2.20. The standard InChI is InChI=1S/C16H21NO4/c1-11-4-5-12(2)13(10-11)21-9-6-14(18)17-16(15(19)20)7-3-8-16/h4-5,10H,3,6-9H2,1-2H3,(H,17,18)(H,19,20). The zero-order valence-electron chi connectivity index (χ0n) is 12.4. The third-order valence-corrected chi connectivity index (χ3v) is 3.93. The minimum absolute atomic E-state index is 0.155. The van der Waals surface area contributed by atoms with Crippen molar-refractivity contribution in [2.45, 2.75) is 45.1 Å². The van der Waals surface area contributed by atoms with Gasteiger partial charge in [-0.25, -0.2) is 4.79 Å². The number of benzene rings is 1. The summed E-state index contributed by atoms with van der Waals surface area (Å²) in [6.45, 7) is 4.17. The number of nitrogens with one attached hydrogen (secondary N) is 1. The zero-order valence-corrected chi connectivity index (χ0v) is 12.4. The van der Waals surface area contributed by atoms with E-state index in [4.69, 9.17) is 9.84 Å². The number of aryl methyl sites for hydroxylation is 2. The van der Waals surface area contributed by atoms with Gasteiger partial charge in [-0.05, 0) is 50.3 Å². The van der Waals surface area contributed by atoms with Crippen LogP contribution in [0.5, 0.6) is 5.75 Å². The minimum atomic E-state index is -1.05. The Morgan fingerprint density at radius 3 is 2.62 bits per heavy atom. The lowest BCUT2D eigenvalue weighted by atomic mass is 9.76. The smallest absolute Gasteiger partial charge is 0.329 e. The Kier molecular flexibility index (Phi) is 4.50. The first-order valence-corrected chi connectivity index (χ1v) is 7.17. The molecule has 114 valence electrons. The molecule has 0 aromatic heterocycles. The predicted molar refractivity (Wildman–Crippen MR) is 78.4 cm³/mol. The van der Waals surface area contributed by atoms with Crippen LogP contribution in [-0.4, -0.2) is 29.1 Å². The van der Waals surface area contributed by atoms with Gasteiger partial charge in [-0.1, -0.05) is 12.1 Å². The van der Waals surface area contributed by atoms with Crippen LogP contribution in [0.4, 0.5) is 0 Å². The lowest BCUT2D eigenvalue weighted by molar-refractivity contribution is -0.151. The molecule has 1 fully saturated rings. The molecule has 0 saturated heterocycles. The first kappa shape index (κ1) is 15.4. The van der Waals surface area contributed by atoms with Crippen molar-refractivity contribution >= 4 is 11.9 Å². The zero-order chi connectivity index (χ0) is 15.5. The highest BCUT2D eigenvalue weighted by Crippen LogP contribution is 2.32. The molecule has 0 radical (unpaired) electrons. The fourth-order valence-electron chi connectivity index (χ4n) is 2.37. The van der Waals surface area contributed by atoms with E-state index in [-0.39, 0.29) is 18.9 Å². The summed E-state index contributed by atoms with van der Waals surface area (Å²) in [7, 11) is 0. The van der Waals surface area contributed by atoms with Crippen LogP contribution in [-0.2, 0) is 9.59 Å². The molecule has 0 atom stereocenters. The number of aliphatic carboxylic acids is 1. The van der Waals surface area contributed by atoms with Gasteiger partial charge in [0.2, 0.25) is 5.91 Å². The van der Waals surface area contributed by atoms with E-state index in [9.17, 15) is 9.59 Å². The number of carboxylic acid groups (broad SMARTS) is 1. The van der Waals surface area contributed by atoms with E-state index in [1.807, 2.05) is 32.0 Å². The summed E-state index contributed by atoms with van der Waals surface area (Å²) in [5, 5.41) is 11.8. The van der Waals surface area contributed by atoms with Gasteiger partial charge in [0.1, 0.15) is 11.3 Å². The second-order valence-electron chi connectivity index (χ2n) is 5.66. The van der Waals surface area contributed by atoms with E-state index in [1.54, 1.807) is 0 Å². The maximum Gasteiger partial charge on any atom is 0.329 e. The Balaban J connectivity index is 1.82. The largest absolute Gasteiger partial charge is 0.493 e. The third kappa shape index (κ3) is 3.54. The van der Waals surface area contributed by atoms with Crippen molar-refractivity contribution in [2.24, 2.45) is 0 Å². The van der Waals surface area contributed by atoms with Crippen LogP contribution >= 0.6 is 0 Å². The summed E-state index contributed by atoms with van der Waals surface area (Å²) in [6, 6.07) is 5.90. The van der Waals surface area contributed by atoms with Crippen LogP contribution in [0.25, 0.3) is 0 Å². The van der Waals surface area contributed by atoms with Crippen molar-refractivity contribution in [1.29, 1.82) is 0 Å². The van der Waals surface area contributed by atoms with Crippen molar-refractivity contribution in [3.8, 4) is 5.75 Å². The summed E-state index contributed by atoms with van der Waals surface area (Å²) in [4.78, 5) is 23.0. The van der Waals surface area contributed by atoms with Crippen LogP contribution in [0.3, 0.4) is 0 Å². The van der Waals surface area contributed by atoms with Crippen molar-refractivity contribution in [3.63, 3.8) is 0 Å². The number of amides is 1. The van der Waals surface area contributed by atoms with E-state index in [0.717, 1.165) is 23.3 Å². The molecular weight excluding hydrogens is 270 g/mol. The number of rotatable bonds is 6. The fourth-order valence-corrected chi connectivity index (χ4v) is 2.37.